The Kier molecular flexibility index (Phi) is 7.12. The van der Waals surface area contributed by atoms with Crippen molar-refractivity contribution in [2.75, 3.05) is 26.0 Å². The van der Waals surface area contributed by atoms with Crippen molar-refractivity contribution in [1.29, 1.82) is 0 Å². The highest BCUT2D eigenvalue weighted by Crippen LogP contribution is 2.28. The van der Waals surface area contributed by atoms with Gasteiger partial charge in [-0.15, -0.1) is 0 Å². The number of furan rings is 1. The molecule has 0 radical (unpaired) electrons. The van der Waals surface area contributed by atoms with Crippen molar-refractivity contribution in [3.8, 4) is 5.75 Å². The number of carbonyl (C=O) groups excluding carboxylic acids is 1. The Bertz CT molecular complexity index is 849. The Hall–Kier alpha value is -3.14. The molecule has 0 spiro atoms. The number of nitrogens with one attached hydrogen (secondary N) is 2. The molecule has 9 nitrogen and oxygen atoms in total. The highest BCUT2D eigenvalue weighted by molar-refractivity contribution is 7.82. The van der Waals surface area contributed by atoms with Gasteiger partial charge in [0.1, 0.15) is 11.6 Å². The molecule has 2 aromatic rings. The number of para-hydroxylation sites is 1. The second-order valence-electron chi connectivity index (χ2n) is 5.58. The molecule has 1 amide bonds. The maximum absolute atomic E-state index is 12.1. The Morgan fingerprint density at radius 3 is 2.74 bits per heavy atom. The van der Waals surface area contributed by atoms with E-state index in [0.717, 1.165) is 0 Å². The first-order valence-electron chi connectivity index (χ1n) is 7.91. The fourth-order valence-electron chi connectivity index (χ4n) is 2.11. The van der Waals surface area contributed by atoms with Gasteiger partial charge in [0, 0.05) is 20.8 Å². The lowest BCUT2D eigenvalue weighted by Gasteiger charge is -2.15. The SMILES string of the molecule is C=NS(=O)NC(CNc1cccc(C(=O)N(C)C)c1O)=NCc1ccco1. The van der Waals surface area contributed by atoms with E-state index in [4.69, 9.17) is 4.42 Å². The van der Waals surface area contributed by atoms with Crippen LogP contribution < -0.4 is 10.0 Å². The fraction of sp³-hybridized carbons (Fsp3) is 0.235. The molecule has 1 unspecified atom stereocenters. The van der Waals surface area contributed by atoms with Crippen molar-refractivity contribution < 1.29 is 18.5 Å². The van der Waals surface area contributed by atoms with E-state index in [-0.39, 0.29) is 30.3 Å². The number of hydrogen-bond donors (Lipinski definition) is 3. The molecular formula is C17H21N5O4S. The molecule has 0 aliphatic heterocycles. The van der Waals surface area contributed by atoms with Gasteiger partial charge < -0.3 is 19.7 Å². The van der Waals surface area contributed by atoms with Gasteiger partial charge in [0.2, 0.25) is 11.2 Å². The van der Waals surface area contributed by atoms with Crippen LogP contribution in [0.5, 0.6) is 5.75 Å². The lowest BCUT2D eigenvalue weighted by molar-refractivity contribution is 0.0824. The minimum absolute atomic E-state index is 0.106. The summed E-state index contributed by atoms with van der Waals surface area (Å²) in [7, 11) is 3.20. The molecule has 3 N–H and O–H groups in total. The largest absolute Gasteiger partial charge is 0.505 e. The average Bonchev–Trinajstić information content (AvgIpc) is 3.17. The molecular weight excluding hydrogens is 370 g/mol. The van der Waals surface area contributed by atoms with Gasteiger partial charge in [-0.05, 0) is 24.3 Å². The van der Waals surface area contributed by atoms with Crippen LogP contribution in [0.25, 0.3) is 0 Å². The van der Waals surface area contributed by atoms with Gasteiger partial charge in [0.25, 0.3) is 5.91 Å². The predicted octanol–water partition coefficient (Wildman–Crippen LogP) is 1.57. The molecule has 0 aliphatic rings. The average molecular weight is 391 g/mol. The maximum atomic E-state index is 12.1. The van der Waals surface area contributed by atoms with Gasteiger partial charge in [0.05, 0.1) is 30.6 Å². The number of carbonyl (C=O) groups is 1. The summed E-state index contributed by atoms with van der Waals surface area (Å²) in [6, 6.07) is 8.30. The number of amidine groups is 1. The van der Waals surface area contributed by atoms with Crippen LogP contribution in [-0.2, 0) is 17.7 Å². The van der Waals surface area contributed by atoms with E-state index in [2.05, 4.69) is 26.1 Å². The van der Waals surface area contributed by atoms with Gasteiger partial charge in [-0.1, -0.05) is 6.07 Å². The molecule has 10 heteroatoms. The Labute approximate surface area is 159 Å². The third-order valence-corrected chi connectivity index (χ3v) is 4.09. The molecule has 0 aliphatic carbocycles. The fourth-order valence-corrected chi connectivity index (χ4v) is 2.51. The van der Waals surface area contributed by atoms with Crippen LogP contribution in [0, 0.1) is 0 Å². The second-order valence-corrected chi connectivity index (χ2v) is 6.54. The summed E-state index contributed by atoms with van der Waals surface area (Å²) in [5, 5.41) is 13.3. The van der Waals surface area contributed by atoms with Crippen LogP contribution in [-0.4, -0.2) is 53.3 Å². The highest BCUT2D eigenvalue weighted by atomic mass is 32.2. The van der Waals surface area contributed by atoms with Gasteiger partial charge in [-0.2, -0.15) is 4.40 Å². The monoisotopic (exact) mass is 391 g/mol. The summed E-state index contributed by atoms with van der Waals surface area (Å²) in [5.41, 5.74) is 0.510. The van der Waals surface area contributed by atoms with E-state index in [1.807, 2.05) is 0 Å². The third-order valence-electron chi connectivity index (χ3n) is 3.45. The highest BCUT2D eigenvalue weighted by Gasteiger charge is 2.16. The van der Waals surface area contributed by atoms with Crippen molar-refractivity contribution in [2.45, 2.75) is 6.54 Å². The van der Waals surface area contributed by atoms with Crippen LogP contribution >= 0.6 is 0 Å². The van der Waals surface area contributed by atoms with E-state index in [9.17, 15) is 14.1 Å². The van der Waals surface area contributed by atoms with Crippen LogP contribution in [0.2, 0.25) is 0 Å². The molecule has 0 fully saturated rings. The Morgan fingerprint density at radius 2 is 2.11 bits per heavy atom. The first kappa shape index (κ1) is 20.2. The van der Waals surface area contributed by atoms with E-state index in [1.54, 1.807) is 38.4 Å². The predicted molar refractivity (Wildman–Crippen MR) is 105 cm³/mol. The van der Waals surface area contributed by atoms with Crippen molar-refractivity contribution in [3.63, 3.8) is 0 Å². The summed E-state index contributed by atoms with van der Waals surface area (Å²) in [6.07, 6.45) is 1.53. The van der Waals surface area contributed by atoms with Gasteiger partial charge in [0.15, 0.2) is 5.75 Å². The van der Waals surface area contributed by atoms with E-state index < -0.39 is 11.2 Å². The summed E-state index contributed by atoms with van der Waals surface area (Å²) < 4.78 is 22.8. The van der Waals surface area contributed by atoms with Crippen molar-refractivity contribution in [2.24, 2.45) is 9.39 Å². The van der Waals surface area contributed by atoms with Gasteiger partial charge in [-0.3, -0.25) is 14.5 Å². The Balaban J connectivity index is 2.15. The topological polar surface area (TPSA) is 120 Å². The lowest BCUT2D eigenvalue weighted by atomic mass is 10.1. The zero-order chi connectivity index (χ0) is 19.8. The van der Waals surface area contributed by atoms with Crippen LogP contribution in [0.15, 0.2) is 50.4 Å². The number of phenols is 1. The first-order chi connectivity index (χ1) is 12.9. The molecule has 0 saturated carbocycles. The van der Waals surface area contributed by atoms with Gasteiger partial charge in [-0.25, -0.2) is 4.21 Å². The number of aromatic hydroxyl groups is 1. The van der Waals surface area contributed by atoms with Crippen molar-refractivity contribution in [1.82, 2.24) is 9.62 Å². The molecule has 0 bridgehead atoms. The molecule has 144 valence electrons. The van der Waals surface area contributed by atoms with Crippen molar-refractivity contribution >= 4 is 35.3 Å². The van der Waals surface area contributed by atoms with Gasteiger partial charge >= 0.3 is 0 Å². The number of nitrogens with zero attached hydrogens (tertiary/aromatic N) is 3. The summed E-state index contributed by atoms with van der Waals surface area (Å²) in [5.74, 6) is 0.455. The zero-order valence-electron chi connectivity index (χ0n) is 15.0. The molecule has 1 heterocycles. The molecule has 1 aromatic carbocycles. The lowest BCUT2D eigenvalue weighted by Crippen LogP contribution is -2.31. The number of amides is 1. The van der Waals surface area contributed by atoms with Crippen LogP contribution in [0.1, 0.15) is 16.1 Å². The molecule has 27 heavy (non-hydrogen) atoms. The third kappa shape index (κ3) is 5.68. The standard InChI is InChI=1S/C17H21N5O4S/c1-18-27(25)21-15(20-10-12-6-5-9-26-12)11-19-14-8-4-7-13(16(14)23)17(24)22(2)3/h4-9,19,23H,1,10-11H2,2-3H3,(H,20,21). The summed E-state index contributed by atoms with van der Waals surface area (Å²) in [4.78, 5) is 17.8. The molecule has 1 aromatic heterocycles. The second kappa shape index (κ2) is 9.53. The zero-order valence-corrected chi connectivity index (χ0v) is 15.8. The van der Waals surface area contributed by atoms with Crippen LogP contribution in [0.3, 0.4) is 0 Å². The van der Waals surface area contributed by atoms with Crippen LogP contribution in [0.4, 0.5) is 5.69 Å². The number of benzene rings is 1. The molecule has 0 saturated heterocycles. The number of anilines is 1. The van der Waals surface area contributed by atoms with E-state index in [1.165, 1.54) is 17.2 Å². The summed E-state index contributed by atoms with van der Waals surface area (Å²) >= 11 is -1.75. The maximum Gasteiger partial charge on any atom is 0.257 e. The smallest absolute Gasteiger partial charge is 0.257 e. The quantitative estimate of drug-likeness (QED) is 0.358. The van der Waals surface area contributed by atoms with E-state index in [0.29, 0.717) is 17.3 Å². The molecule has 1 atom stereocenters. The first-order valence-corrected chi connectivity index (χ1v) is 9.01. The molecule has 2 rings (SSSR count). The number of rotatable bonds is 8. The minimum Gasteiger partial charge on any atom is -0.505 e. The summed E-state index contributed by atoms with van der Waals surface area (Å²) in [6.45, 7) is 3.55. The number of hydrogen-bond acceptors (Lipinski definition) is 6. The Morgan fingerprint density at radius 1 is 1.33 bits per heavy atom. The van der Waals surface area contributed by atoms with E-state index >= 15 is 0 Å². The number of phenolic OH excluding ortho intramolecular Hbond substituents is 1. The normalized spacial score (nSPS) is 12.3. The van der Waals surface area contributed by atoms with Crippen molar-refractivity contribution in [3.05, 3.63) is 47.9 Å². The number of aliphatic imine (C=N–C) groups is 1. The minimum atomic E-state index is -1.75.